The Kier molecular flexibility index (Phi) is 2.97. The highest BCUT2D eigenvalue weighted by atomic mass is 16.5. The van der Waals surface area contributed by atoms with Crippen LogP contribution < -0.4 is 5.73 Å². The van der Waals surface area contributed by atoms with Crippen LogP contribution in [0.5, 0.6) is 0 Å². The van der Waals surface area contributed by atoms with Crippen LogP contribution in [0, 0.1) is 0 Å². The molecule has 1 unspecified atom stereocenters. The molecule has 86 valence electrons. The Hall–Kier alpha value is -1.73. The Labute approximate surface area is 91.9 Å². The van der Waals surface area contributed by atoms with E-state index in [1.165, 1.54) is 0 Å². The van der Waals surface area contributed by atoms with Crippen molar-refractivity contribution in [2.45, 2.75) is 12.5 Å². The Bertz CT molecular complexity index is 464. The monoisotopic (exact) mass is 223 g/mol. The van der Waals surface area contributed by atoms with Gasteiger partial charge in [-0.25, -0.2) is 4.98 Å². The van der Waals surface area contributed by atoms with Crippen molar-refractivity contribution in [2.24, 2.45) is 12.8 Å². The summed E-state index contributed by atoms with van der Waals surface area (Å²) in [7, 11) is 1.83. The van der Waals surface area contributed by atoms with Gasteiger partial charge >= 0.3 is 0 Å². The second kappa shape index (κ2) is 4.42. The maximum atomic E-state index is 9.60. The van der Waals surface area contributed by atoms with E-state index in [1.54, 1.807) is 17.1 Å². The number of hydrogen-bond acceptors (Lipinski definition) is 6. The number of aromatic nitrogens is 4. The van der Waals surface area contributed by atoms with E-state index in [2.05, 4.69) is 15.1 Å². The third-order valence-electron chi connectivity index (χ3n) is 2.21. The van der Waals surface area contributed by atoms with Crippen molar-refractivity contribution in [3.63, 3.8) is 0 Å². The minimum Gasteiger partial charge on any atom is -0.383 e. The SMILES string of the molecule is Cn1cncc1-c1noc(C(O)CCN)n1. The molecule has 2 aromatic heterocycles. The number of rotatable bonds is 4. The van der Waals surface area contributed by atoms with Gasteiger partial charge in [0.1, 0.15) is 11.8 Å². The minimum absolute atomic E-state index is 0.182. The fourth-order valence-electron chi connectivity index (χ4n) is 1.33. The lowest BCUT2D eigenvalue weighted by Crippen LogP contribution is -2.06. The van der Waals surface area contributed by atoms with Crippen molar-refractivity contribution in [3.8, 4) is 11.5 Å². The number of hydrogen-bond donors (Lipinski definition) is 2. The van der Waals surface area contributed by atoms with Crippen LogP contribution >= 0.6 is 0 Å². The number of aliphatic hydroxyl groups is 1. The molecule has 0 fully saturated rings. The Morgan fingerprint density at radius 3 is 3.06 bits per heavy atom. The van der Waals surface area contributed by atoms with E-state index in [-0.39, 0.29) is 5.89 Å². The van der Waals surface area contributed by atoms with Gasteiger partial charge in [-0.1, -0.05) is 5.16 Å². The van der Waals surface area contributed by atoms with Crippen LogP contribution in [0.4, 0.5) is 0 Å². The lowest BCUT2D eigenvalue weighted by atomic mass is 10.2. The molecule has 1 atom stereocenters. The number of imidazole rings is 1. The topological polar surface area (TPSA) is 103 Å². The highest BCUT2D eigenvalue weighted by molar-refractivity contribution is 5.47. The fraction of sp³-hybridized carbons (Fsp3) is 0.444. The molecule has 0 aliphatic carbocycles. The summed E-state index contributed by atoms with van der Waals surface area (Å²) in [6.07, 6.45) is 2.86. The molecule has 0 radical (unpaired) electrons. The van der Waals surface area contributed by atoms with Gasteiger partial charge < -0.3 is 19.9 Å². The molecule has 0 aliphatic rings. The standard InChI is InChI=1S/C9H13N5O2/c1-14-5-11-4-6(14)8-12-9(16-13-8)7(15)2-3-10/h4-5,7,15H,2-3,10H2,1H3. The van der Waals surface area contributed by atoms with Crippen molar-refractivity contribution in [1.29, 1.82) is 0 Å². The lowest BCUT2D eigenvalue weighted by Gasteiger charge is -2.00. The van der Waals surface area contributed by atoms with Crippen LogP contribution in [-0.2, 0) is 7.05 Å². The molecule has 7 nitrogen and oxygen atoms in total. The van der Waals surface area contributed by atoms with Gasteiger partial charge in [0, 0.05) is 7.05 Å². The first-order chi connectivity index (χ1) is 7.72. The fourth-order valence-corrected chi connectivity index (χ4v) is 1.33. The van der Waals surface area contributed by atoms with Crippen molar-refractivity contribution in [1.82, 2.24) is 19.7 Å². The second-order valence-corrected chi connectivity index (χ2v) is 3.44. The average molecular weight is 223 g/mol. The molecule has 0 aliphatic heterocycles. The molecule has 0 spiro atoms. The van der Waals surface area contributed by atoms with Crippen molar-refractivity contribution < 1.29 is 9.63 Å². The number of nitrogens with zero attached hydrogens (tertiary/aromatic N) is 4. The summed E-state index contributed by atoms with van der Waals surface area (Å²) in [6.45, 7) is 0.366. The molecule has 2 aromatic rings. The van der Waals surface area contributed by atoms with Gasteiger partial charge in [-0.3, -0.25) is 0 Å². The van der Waals surface area contributed by atoms with E-state index < -0.39 is 6.10 Å². The molecule has 0 saturated carbocycles. The Balaban J connectivity index is 2.23. The highest BCUT2D eigenvalue weighted by Crippen LogP contribution is 2.18. The molecule has 7 heteroatoms. The van der Waals surface area contributed by atoms with Gasteiger partial charge in [0.2, 0.25) is 5.82 Å². The molecular weight excluding hydrogens is 210 g/mol. The average Bonchev–Trinajstić information content (AvgIpc) is 2.86. The molecule has 3 N–H and O–H groups in total. The second-order valence-electron chi connectivity index (χ2n) is 3.44. The van der Waals surface area contributed by atoms with E-state index in [4.69, 9.17) is 10.3 Å². The van der Waals surface area contributed by atoms with Gasteiger partial charge in [0.25, 0.3) is 5.89 Å². The Morgan fingerprint density at radius 2 is 2.44 bits per heavy atom. The van der Waals surface area contributed by atoms with Gasteiger partial charge in [0.05, 0.1) is 12.5 Å². The highest BCUT2D eigenvalue weighted by Gasteiger charge is 2.17. The lowest BCUT2D eigenvalue weighted by molar-refractivity contribution is 0.127. The predicted molar refractivity (Wildman–Crippen MR) is 55.1 cm³/mol. The predicted octanol–water partition coefficient (Wildman–Crippen LogP) is -0.148. The normalized spacial score (nSPS) is 12.9. The summed E-state index contributed by atoms with van der Waals surface area (Å²) < 4.78 is 6.72. The first-order valence-corrected chi connectivity index (χ1v) is 4.90. The minimum atomic E-state index is -0.806. The van der Waals surface area contributed by atoms with E-state index in [0.29, 0.717) is 18.8 Å². The third kappa shape index (κ3) is 1.95. The van der Waals surface area contributed by atoms with E-state index >= 15 is 0 Å². The smallest absolute Gasteiger partial charge is 0.255 e. The summed E-state index contributed by atoms with van der Waals surface area (Å²) in [5.41, 5.74) is 6.06. The third-order valence-corrected chi connectivity index (χ3v) is 2.21. The van der Waals surface area contributed by atoms with Gasteiger partial charge in [0.15, 0.2) is 0 Å². The first-order valence-electron chi connectivity index (χ1n) is 4.90. The Morgan fingerprint density at radius 1 is 1.62 bits per heavy atom. The molecular formula is C9H13N5O2. The number of aryl methyl sites for hydroxylation is 1. The summed E-state index contributed by atoms with van der Waals surface area (Å²) in [6, 6.07) is 0. The van der Waals surface area contributed by atoms with E-state index in [0.717, 1.165) is 5.69 Å². The summed E-state index contributed by atoms with van der Waals surface area (Å²) in [4.78, 5) is 8.04. The largest absolute Gasteiger partial charge is 0.383 e. The quantitative estimate of drug-likeness (QED) is 0.747. The zero-order chi connectivity index (χ0) is 11.5. The van der Waals surface area contributed by atoms with Crippen molar-refractivity contribution in [3.05, 3.63) is 18.4 Å². The summed E-state index contributed by atoms with van der Waals surface area (Å²) in [5, 5.41) is 13.4. The molecule has 0 bridgehead atoms. The van der Waals surface area contributed by atoms with Gasteiger partial charge in [-0.15, -0.1) is 0 Å². The van der Waals surface area contributed by atoms with Crippen molar-refractivity contribution in [2.75, 3.05) is 6.54 Å². The molecule has 16 heavy (non-hydrogen) atoms. The van der Waals surface area contributed by atoms with E-state index in [9.17, 15) is 5.11 Å². The van der Waals surface area contributed by atoms with Crippen LogP contribution in [0.2, 0.25) is 0 Å². The van der Waals surface area contributed by atoms with Gasteiger partial charge in [-0.05, 0) is 13.0 Å². The summed E-state index contributed by atoms with van der Waals surface area (Å²) >= 11 is 0. The molecule has 0 saturated heterocycles. The summed E-state index contributed by atoms with van der Waals surface area (Å²) in [5.74, 6) is 0.590. The maximum Gasteiger partial charge on any atom is 0.255 e. The van der Waals surface area contributed by atoms with Crippen molar-refractivity contribution >= 4 is 0 Å². The van der Waals surface area contributed by atoms with E-state index in [1.807, 2.05) is 7.05 Å². The number of aliphatic hydroxyl groups excluding tert-OH is 1. The number of nitrogens with two attached hydrogens (primary N) is 1. The molecule has 2 heterocycles. The molecule has 0 aromatic carbocycles. The van der Waals surface area contributed by atoms with Crippen LogP contribution in [0.15, 0.2) is 17.0 Å². The zero-order valence-corrected chi connectivity index (χ0v) is 8.87. The van der Waals surface area contributed by atoms with Crippen LogP contribution in [0.25, 0.3) is 11.5 Å². The van der Waals surface area contributed by atoms with Crippen LogP contribution in [-0.4, -0.2) is 31.3 Å². The first kappa shape index (κ1) is 10.8. The maximum absolute atomic E-state index is 9.60. The molecule has 0 amide bonds. The zero-order valence-electron chi connectivity index (χ0n) is 8.87. The van der Waals surface area contributed by atoms with Crippen LogP contribution in [0.1, 0.15) is 18.4 Å². The van der Waals surface area contributed by atoms with Crippen LogP contribution in [0.3, 0.4) is 0 Å². The molecule has 2 rings (SSSR count). The van der Waals surface area contributed by atoms with Gasteiger partial charge in [-0.2, -0.15) is 4.98 Å².